The van der Waals surface area contributed by atoms with Gasteiger partial charge in [-0.2, -0.15) is 5.26 Å². The molecule has 2 aliphatic heterocycles. The number of anilines is 4. The number of rotatable bonds is 5. The summed E-state index contributed by atoms with van der Waals surface area (Å²) < 4.78 is 19.0. The van der Waals surface area contributed by atoms with Gasteiger partial charge in [-0.15, -0.1) is 0 Å². The van der Waals surface area contributed by atoms with E-state index in [-0.39, 0.29) is 6.54 Å². The molecule has 0 aliphatic carbocycles. The fourth-order valence-electron chi connectivity index (χ4n) is 4.01. The van der Waals surface area contributed by atoms with Gasteiger partial charge in [-0.1, -0.05) is 0 Å². The number of aromatic nitrogens is 4. The Balaban J connectivity index is 1.36. The van der Waals surface area contributed by atoms with Crippen LogP contribution in [0, 0.1) is 11.3 Å². The van der Waals surface area contributed by atoms with Crippen LogP contribution < -0.4 is 15.1 Å². The van der Waals surface area contributed by atoms with E-state index in [4.69, 9.17) is 4.74 Å². The highest BCUT2D eigenvalue weighted by atomic mass is 19.1. The molecule has 0 amide bonds. The van der Waals surface area contributed by atoms with Gasteiger partial charge in [0.15, 0.2) is 0 Å². The molecule has 3 aromatic heterocycles. The number of hydrogen-bond donors (Lipinski definition) is 1. The van der Waals surface area contributed by atoms with Crippen molar-refractivity contribution in [3.63, 3.8) is 0 Å². The number of halogens is 1. The molecule has 2 saturated heterocycles. The molecule has 1 atom stereocenters. The second kappa shape index (κ2) is 9.34. The molecule has 0 bridgehead atoms. The first-order valence-electron chi connectivity index (χ1n) is 10.9. The van der Waals surface area contributed by atoms with Gasteiger partial charge in [-0.05, 0) is 24.6 Å². The lowest BCUT2D eigenvalue weighted by Crippen LogP contribution is -2.36. The molecule has 0 saturated carbocycles. The molecule has 1 N–H and O–H groups in total. The second-order valence-corrected chi connectivity index (χ2v) is 7.93. The maximum absolute atomic E-state index is 13.6. The predicted octanol–water partition coefficient (Wildman–Crippen LogP) is 2.93. The Morgan fingerprint density at radius 3 is 2.70 bits per heavy atom. The lowest BCUT2D eigenvalue weighted by molar-refractivity contribution is 0.122. The molecule has 2 aliphatic rings. The first-order chi connectivity index (χ1) is 16.2. The number of morpholine rings is 1. The maximum atomic E-state index is 13.6. The summed E-state index contributed by atoms with van der Waals surface area (Å²) in [5.41, 5.74) is 2.56. The molecule has 0 radical (unpaired) electrons. The monoisotopic (exact) mass is 446 g/mol. The number of nitriles is 1. The van der Waals surface area contributed by atoms with E-state index in [0.717, 1.165) is 24.6 Å². The largest absolute Gasteiger partial charge is 0.378 e. The topological polar surface area (TPSA) is 103 Å². The Labute approximate surface area is 190 Å². The van der Waals surface area contributed by atoms with Crippen molar-refractivity contribution in [3.8, 4) is 17.3 Å². The van der Waals surface area contributed by atoms with Crippen LogP contribution in [0.1, 0.15) is 12.0 Å². The molecule has 10 heteroatoms. The zero-order chi connectivity index (χ0) is 22.6. The fourth-order valence-corrected chi connectivity index (χ4v) is 4.01. The minimum Gasteiger partial charge on any atom is -0.378 e. The minimum absolute atomic E-state index is 0.265. The highest BCUT2D eigenvalue weighted by molar-refractivity contribution is 5.67. The van der Waals surface area contributed by atoms with E-state index in [1.165, 1.54) is 0 Å². The number of pyridine rings is 2. The molecule has 33 heavy (non-hydrogen) atoms. The Hall–Kier alpha value is -3.84. The van der Waals surface area contributed by atoms with Gasteiger partial charge in [0.05, 0.1) is 31.0 Å². The zero-order valence-electron chi connectivity index (χ0n) is 18.0. The Bertz CT molecular complexity index is 1180. The number of nitrogens with zero attached hydrogens (tertiary/aromatic N) is 7. The summed E-state index contributed by atoms with van der Waals surface area (Å²) in [5, 5.41) is 12.9. The van der Waals surface area contributed by atoms with Crippen LogP contribution in [0.15, 0.2) is 42.9 Å². The first-order valence-corrected chi connectivity index (χ1v) is 10.9. The second-order valence-electron chi connectivity index (χ2n) is 7.93. The quantitative estimate of drug-likeness (QED) is 0.633. The molecule has 5 heterocycles. The third kappa shape index (κ3) is 4.68. The first kappa shape index (κ1) is 21.0. The molecular formula is C23H23FN8O. The minimum atomic E-state index is -0.884. The summed E-state index contributed by atoms with van der Waals surface area (Å²) in [6.45, 7) is 3.80. The number of hydrogen-bond acceptors (Lipinski definition) is 9. The van der Waals surface area contributed by atoms with Gasteiger partial charge in [0, 0.05) is 55.5 Å². The predicted molar refractivity (Wildman–Crippen MR) is 122 cm³/mol. The van der Waals surface area contributed by atoms with E-state index in [9.17, 15) is 9.65 Å². The van der Waals surface area contributed by atoms with Crippen molar-refractivity contribution in [2.75, 3.05) is 54.5 Å². The van der Waals surface area contributed by atoms with Gasteiger partial charge in [0.25, 0.3) is 0 Å². The summed E-state index contributed by atoms with van der Waals surface area (Å²) in [7, 11) is 0. The van der Waals surface area contributed by atoms with E-state index in [1.54, 1.807) is 30.7 Å². The summed E-state index contributed by atoms with van der Waals surface area (Å²) in [4.78, 5) is 21.8. The van der Waals surface area contributed by atoms with Crippen LogP contribution in [0.3, 0.4) is 0 Å². The van der Waals surface area contributed by atoms with Gasteiger partial charge in [0.2, 0.25) is 5.95 Å². The molecule has 5 rings (SSSR count). The van der Waals surface area contributed by atoms with Crippen LogP contribution in [-0.4, -0.2) is 65.5 Å². The van der Waals surface area contributed by atoms with Crippen molar-refractivity contribution in [3.05, 3.63) is 48.4 Å². The SMILES string of the molecule is N#Cc1cc(-c2ccnc(Nc3ccnc(N4CCOCC4)c3)n2)cnc1N1CCC(F)C1. The fraction of sp³-hybridized carbons (Fsp3) is 0.348. The number of alkyl halides is 1. The normalized spacial score (nSPS) is 18.2. The van der Waals surface area contributed by atoms with Crippen molar-refractivity contribution in [1.29, 1.82) is 5.26 Å². The van der Waals surface area contributed by atoms with Crippen LogP contribution >= 0.6 is 0 Å². The van der Waals surface area contributed by atoms with E-state index in [1.807, 2.05) is 17.0 Å². The van der Waals surface area contributed by atoms with Gasteiger partial charge in [-0.25, -0.2) is 24.3 Å². The molecule has 0 aromatic carbocycles. The van der Waals surface area contributed by atoms with Crippen molar-refractivity contribution < 1.29 is 9.13 Å². The molecule has 1 unspecified atom stereocenters. The van der Waals surface area contributed by atoms with Gasteiger partial charge >= 0.3 is 0 Å². The molecule has 3 aromatic rings. The number of nitrogens with one attached hydrogen (secondary N) is 1. The average Bonchev–Trinajstić information content (AvgIpc) is 3.30. The molecule has 0 spiro atoms. The maximum Gasteiger partial charge on any atom is 0.227 e. The molecular weight excluding hydrogens is 423 g/mol. The highest BCUT2D eigenvalue weighted by Crippen LogP contribution is 2.28. The van der Waals surface area contributed by atoms with Crippen LogP contribution in [0.2, 0.25) is 0 Å². The van der Waals surface area contributed by atoms with Gasteiger partial charge in [0.1, 0.15) is 23.9 Å². The van der Waals surface area contributed by atoms with E-state index >= 15 is 0 Å². The Morgan fingerprint density at radius 2 is 1.91 bits per heavy atom. The Kier molecular flexibility index (Phi) is 5.95. The number of ether oxygens (including phenoxy) is 1. The average molecular weight is 446 g/mol. The van der Waals surface area contributed by atoms with Gasteiger partial charge in [-0.3, -0.25) is 0 Å². The summed E-state index contributed by atoms with van der Waals surface area (Å²) >= 11 is 0. The van der Waals surface area contributed by atoms with E-state index in [0.29, 0.717) is 54.8 Å². The lowest BCUT2D eigenvalue weighted by Gasteiger charge is -2.28. The van der Waals surface area contributed by atoms with Crippen LogP contribution in [0.5, 0.6) is 0 Å². The van der Waals surface area contributed by atoms with Gasteiger partial charge < -0.3 is 19.9 Å². The van der Waals surface area contributed by atoms with Crippen molar-refractivity contribution in [2.45, 2.75) is 12.6 Å². The summed E-state index contributed by atoms with van der Waals surface area (Å²) in [6, 6.07) is 9.51. The Morgan fingerprint density at radius 1 is 1.06 bits per heavy atom. The van der Waals surface area contributed by atoms with Crippen molar-refractivity contribution in [1.82, 2.24) is 19.9 Å². The molecule has 2 fully saturated rings. The third-order valence-electron chi connectivity index (χ3n) is 5.71. The van der Waals surface area contributed by atoms with E-state index < -0.39 is 6.17 Å². The van der Waals surface area contributed by atoms with Crippen molar-refractivity contribution in [2.24, 2.45) is 0 Å². The zero-order valence-corrected chi connectivity index (χ0v) is 18.0. The summed E-state index contributed by atoms with van der Waals surface area (Å²) in [5.74, 6) is 1.81. The van der Waals surface area contributed by atoms with Crippen LogP contribution in [0.25, 0.3) is 11.3 Å². The molecule has 168 valence electrons. The van der Waals surface area contributed by atoms with Crippen LogP contribution in [-0.2, 0) is 4.74 Å². The molecule has 9 nitrogen and oxygen atoms in total. The van der Waals surface area contributed by atoms with Crippen molar-refractivity contribution >= 4 is 23.3 Å². The smallest absolute Gasteiger partial charge is 0.227 e. The highest BCUT2D eigenvalue weighted by Gasteiger charge is 2.25. The third-order valence-corrected chi connectivity index (χ3v) is 5.71. The standard InChI is InChI=1S/C23H23FN8O/c24-18-3-6-32(15-18)22-16(13-25)11-17(14-28-22)20-2-5-27-23(30-20)29-19-1-4-26-21(12-19)31-7-9-33-10-8-31/h1-2,4-5,11-12,14,18H,3,6-10,15H2,(H,26,27,29,30). The lowest BCUT2D eigenvalue weighted by atomic mass is 10.1. The van der Waals surface area contributed by atoms with Crippen LogP contribution in [0.4, 0.5) is 27.7 Å². The van der Waals surface area contributed by atoms with E-state index in [2.05, 4.69) is 36.2 Å². The summed E-state index contributed by atoms with van der Waals surface area (Å²) in [6.07, 6.45) is 4.64.